The van der Waals surface area contributed by atoms with Gasteiger partial charge in [0.1, 0.15) is 5.76 Å². The topological polar surface area (TPSA) is 121 Å². The number of nitro groups is 1. The number of nitrogens with one attached hydrogen (secondary N) is 1. The zero-order chi connectivity index (χ0) is 22.8. The van der Waals surface area contributed by atoms with Gasteiger partial charge in [-0.25, -0.2) is 5.43 Å². The van der Waals surface area contributed by atoms with Gasteiger partial charge in [-0.15, -0.1) is 0 Å². The number of carbonyl (C=O) groups is 2. The molecule has 32 heavy (non-hydrogen) atoms. The second-order valence-corrected chi connectivity index (χ2v) is 8.11. The maximum Gasteiger partial charge on any atom is 0.289 e. The third kappa shape index (κ3) is 4.26. The molecule has 0 saturated carbocycles. The Morgan fingerprint density at radius 1 is 1.19 bits per heavy atom. The lowest BCUT2D eigenvalue weighted by molar-refractivity contribution is -0.384. The minimum Gasteiger partial charge on any atom is -0.455 e. The van der Waals surface area contributed by atoms with Crippen LogP contribution in [0.5, 0.6) is 0 Å². The summed E-state index contributed by atoms with van der Waals surface area (Å²) in [7, 11) is 2.03. The molecule has 1 saturated heterocycles. The van der Waals surface area contributed by atoms with E-state index >= 15 is 0 Å². The molecule has 2 aromatic rings. The number of non-ortho nitro benzene ring substituents is 1. The minimum atomic E-state index is -0.552. The maximum atomic E-state index is 13.0. The van der Waals surface area contributed by atoms with Crippen LogP contribution in [0.2, 0.25) is 0 Å². The molecule has 1 aromatic carbocycles. The van der Waals surface area contributed by atoms with Gasteiger partial charge in [-0.3, -0.25) is 19.7 Å². The molecule has 4 rings (SSSR count). The van der Waals surface area contributed by atoms with Crippen LogP contribution in [0.1, 0.15) is 50.6 Å². The smallest absolute Gasteiger partial charge is 0.289 e. The van der Waals surface area contributed by atoms with Gasteiger partial charge in [0, 0.05) is 61.4 Å². The fraction of sp³-hybridized carbons (Fsp3) is 0.409. The van der Waals surface area contributed by atoms with Crippen molar-refractivity contribution in [2.45, 2.75) is 26.2 Å². The lowest BCUT2D eigenvalue weighted by atomic mass is 9.93. The van der Waals surface area contributed by atoms with Crippen molar-refractivity contribution in [1.82, 2.24) is 15.2 Å². The van der Waals surface area contributed by atoms with Gasteiger partial charge in [-0.2, -0.15) is 5.10 Å². The number of carbonyl (C=O) groups excluding carboxylic acids is 2. The van der Waals surface area contributed by atoms with Crippen molar-refractivity contribution in [3.05, 3.63) is 62.6 Å². The first-order valence-electron chi connectivity index (χ1n) is 10.6. The molecular weight excluding hydrogens is 414 g/mol. The highest BCUT2D eigenvalue weighted by atomic mass is 16.6. The van der Waals surface area contributed by atoms with Crippen LogP contribution >= 0.6 is 0 Å². The highest BCUT2D eigenvalue weighted by molar-refractivity contribution is 6.07. The van der Waals surface area contributed by atoms with Crippen molar-refractivity contribution in [3.63, 3.8) is 0 Å². The normalized spacial score (nSPS) is 17.8. The molecule has 0 unspecified atom stereocenters. The number of hydrazone groups is 1. The fourth-order valence-corrected chi connectivity index (χ4v) is 4.08. The zero-order valence-electron chi connectivity index (χ0n) is 18.1. The largest absolute Gasteiger partial charge is 0.455 e. The quantitative estimate of drug-likeness (QED) is 0.577. The van der Waals surface area contributed by atoms with Gasteiger partial charge in [0.25, 0.3) is 17.5 Å². The molecular formula is C22H25N5O5. The molecule has 1 fully saturated rings. The Bertz CT molecular complexity index is 1100. The Hall–Kier alpha value is -3.53. The number of likely N-dealkylation sites (N-methyl/N-ethyl adjacent to an activating group) is 1. The Kier molecular flexibility index (Phi) is 6.04. The van der Waals surface area contributed by atoms with Crippen molar-refractivity contribution in [2.24, 2.45) is 5.10 Å². The first-order chi connectivity index (χ1) is 15.3. The fourth-order valence-electron chi connectivity index (χ4n) is 4.08. The molecule has 10 heteroatoms. The lowest BCUT2D eigenvalue weighted by Crippen LogP contribution is -2.47. The predicted octanol–water partition coefficient (Wildman–Crippen LogP) is 2.35. The first kappa shape index (κ1) is 21.7. The van der Waals surface area contributed by atoms with Gasteiger partial charge < -0.3 is 14.2 Å². The van der Waals surface area contributed by atoms with E-state index < -0.39 is 10.8 Å². The van der Waals surface area contributed by atoms with Gasteiger partial charge in [0.2, 0.25) is 0 Å². The molecule has 2 heterocycles. The van der Waals surface area contributed by atoms with E-state index in [1.807, 2.05) is 14.0 Å². The van der Waals surface area contributed by atoms with E-state index in [1.165, 1.54) is 24.3 Å². The monoisotopic (exact) mass is 439 g/mol. The first-order valence-corrected chi connectivity index (χ1v) is 10.6. The summed E-state index contributed by atoms with van der Waals surface area (Å²) in [5.74, 6) is 0.377. The number of hydrogen-bond donors (Lipinski definition) is 1. The van der Waals surface area contributed by atoms with E-state index in [0.717, 1.165) is 30.6 Å². The van der Waals surface area contributed by atoms with E-state index in [9.17, 15) is 19.7 Å². The van der Waals surface area contributed by atoms with E-state index in [1.54, 1.807) is 4.90 Å². The standard InChI is InChI=1S/C22H25N5O5/c1-14-19-17(23-24-21(28)15-5-3-6-16(13-15)27(30)31)7-4-8-18(19)32-20(14)22(29)26-11-9-25(2)10-12-26/h3,5-6,13H,4,7-12H2,1-2H3,(H,24,28)/b23-17+. The second-order valence-electron chi connectivity index (χ2n) is 8.11. The van der Waals surface area contributed by atoms with Crippen LogP contribution in [-0.4, -0.2) is 65.5 Å². The van der Waals surface area contributed by atoms with Gasteiger partial charge >= 0.3 is 0 Å². The average Bonchev–Trinajstić information content (AvgIpc) is 3.14. The Morgan fingerprint density at radius 3 is 2.66 bits per heavy atom. The molecule has 0 radical (unpaired) electrons. The number of nitro benzene ring substituents is 1. The summed E-state index contributed by atoms with van der Waals surface area (Å²) in [6, 6.07) is 5.47. The third-order valence-electron chi connectivity index (χ3n) is 5.92. The Balaban J connectivity index is 1.55. The molecule has 168 valence electrons. The number of aryl methyl sites for hydroxylation is 1. The third-order valence-corrected chi connectivity index (χ3v) is 5.92. The summed E-state index contributed by atoms with van der Waals surface area (Å²) in [5.41, 5.74) is 4.62. The van der Waals surface area contributed by atoms with Gasteiger partial charge in [-0.1, -0.05) is 6.07 Å². The Labute approximate surface area is 185 Å². The minimum absolute atomic E-state index is 0.120. The van der Waals surface area contributed by atoms with Crippen LogP contribution in [0.4, 0.5) is 5.69 Å². The summed E-state index contributed by atoms with van der Waals surface area (Å²) >= 11 is 0. The molecule has 0 spiro atoms. The van der Waals surface area contributed by atoms with Crippen LogP contribution in [-0.2, 0) is 6.42 Å². The van der Waals surface area contributed by atoms with E-state index in [0.29, 0.717) is 43.2 Å². The van der Waals surface area contributed by atoms with Crippen LogP contribution in [0.3, 0.4) is 0 Å². The van der Waals surface area contributed by atoms with Gasteiger partial charge in [-0.05, 0) is 32.9 Å². The average molecular weight is 439 g/mol. The van der Waals surface area contributed by atoms with E-state index in [-0.39, 0.29) is 17.2 Å². The molecule has 0 bridgehead atoms. The lowest BCUT2D eigenvalue weighted by Gasteiger charge is -2.31. The van der Waals surface area contributed by atoms with Gasteiger partial charge in [0.05, 0.1) is 10.6 Å². The zero-order valence-corrected chi connectivity index (χ0v) is 18.1. The molecule has 1 aliphatic heterocycles. The van der Waals surface area contributed by atoms with Crippen LogP contribution in [0.25, 0.3) is 0 Å². The van der Waals surface area contributed by atoms with Crippen molar-refractivity contribution in [2.75, 3.05) is 33.2 Å². The second kappa shape index (κ2) is 8.91. The molecule has 10 nitrogen and oxygen atoms in total. The molecule has 1 aromatic heterocycles. The van der Waals surface area contributed by atoms with Crippen LogP contribution in [0.15, 0.2) is 33.8 Å². The number of nitrogens with zero attached hydrogens (tertiary/aromatic N) is 4. The van der Waals surface area contributed by atoms with Crippen molar-refractivity contribution < 1.29 is 18.9 Å². The molecule has 2 aliphatic rings. The summed E-state index contributed by atoms with van der Waals surface area (Å²) < 4.78 is 5.97. The maximum absolute atomic E-state index is 13.0. The molecule has 0 atom stereocenters. The summed E-state index contributed by atoms with van der Waals surface area (Å²) in [6.45, 7) is 4.79. The van der Waals surface area contributed by atoms with E-state index in [2.05, 4.69) is 15.4 Å². The SMILES string of the molecule is Cc1c(C(=O)N2CCN(C)CC2)oc2c1/C(=N/NC(=O)c1cccc([N+](=O)[O-])c1)CCC2. The summed E-state index contributed by atoms with van der Waals surface area (Å²) in [6.07, 6.45) is 2.11. The van der Waals surface area contributed by atoms with Crippen molar-refractivity contribution in [3.8, 4) is 0 Å². The van der Waals surface area contributed by atoms with Crippen LogP contribution in [0, 0.1) is 17.0 Å². The van der Waals surface area contributed by atoms with E-state index in [4.69, 9.17) is 4.42 Å². The number of piperazine rings is 1. The number of amides is 2. The number of fused-ring (bicyclic) bond motifs is 1. The van der Waals surface area contributed by atoms with Crippen LogP contribution < -0.4 is 5.43 Å². The van der Waals surface area contributed by atoms with Gasteiger partial charge in [0.15, 0.2) is 5.76 Å². The van der Waals surface area contributed by atoms with Crippen molar-refractivity contribution >= 4 is 23.2 Å². The number of benzene rings is 1. The number of furan rings is 1. The molecule has 1 N–H and O–H groups in total. The summed E-state index contributed by atoms with van der Waals surface area (Å²) in [5, 5.41) is 15.2. The Morgan fingerprint density at radius 2 is 1.94 bits per heavy atom. The highest BCUT2D eigenvalue weighted by Crippen LogP contribution is 2.30. The predicted molar refractivity (Wildman–Crippen MR) is 117 cm³/mol. The summed E-state index contributed by atoms with van der Waals surface area (Å²) in [4.78, 5) is 39.9. The van der Waals surface area contributed by atoms with Crippen molar-refractivity contribution in [1.29, 1.82) is 0 Å². The number of hydrogen-bond acceptors (Lipinski definition) is 7. The molecule has 2 amide bonds. The number of rotatable bonds is 4. The molecule has 1 aliphatic carbocycles. The highest BCUT2D eigenvalue weighted by Gasteiger charge is 2.31.